The molecule has 0 atom stereocenters. The van der Waals surface area contributed by atoms with Gasteiger partial charge in [-0.15, -0.1) is 0 Å². The Morgan fingerprint density at radius 2 is 1.94 bits per heavy atom. The minimum atomic E-state index is -0.499. The maximum atomic E-state index is 11.3. The number of hydrogen-bond donors (Lipinski definition) is 0. The van der Waals surface area contributed by atoms with Crippen molar-refractivity contribution in [3.8, 4) is 0 Å². The molecule has 18 heavy (non-hydrogen) atoms. The lowest BCUT2D eigenvalue weighted by Gasteiger charge is -2.21. The van der Waals surface area contributed by atoms with Gasteiger partial charge in [-0.25, -0.2) is 4.79 Å². The quantitative estimate of drug-likeness (QED) is 0.613. The number of anilines is 1. The van der Waals surface area contributed by atoms with Crippen LogP contribution in [0.1, 0.15) is 24.2 Å². The highest BCUT2D eigenvalue weighted by Crippen LogP contribution is 2.22. The molecule has 1 heterocycles. The third kappa shape index (κ3) is 2.14. The smallest absolute Gasteiger partial charge is 0.336 e. The van der Waals surface area contributed by atoms with Crippen LogP contribution in [-0.4, -0.2) is 19.4 Å². The predicted octanol–water partition coefficient (Wildman–Crippen LogP) is 2.45. The standard InChI is InChI=1S/C14H15NO3/c1-3-15(4-2)11-5-6-12-10(9-16)7-14(17)18-13(12)8-11/h5-9H,3-4H2,1-2H3. The Morgan fingerprint density at radius 3 is 2.56 bits per heavy atom. The van der Waals surface area contributed by atoms with E-state index >= 15 is 0 Å². The first-order valence-electron chi connectivity index (χ1n) is 5.97. The number of aldehydes is 1. The van der Waals surface area contributed by atoms with Gasteiger partial charge in [0.1, 0.15) is 5.58 Å². The summed E-state index contributed by atoms with van der Waals surface area (Å²) in [6.07, 6.45) is 0.677. The first-order chi connectivity index (χ1) is 8.69. The Hall–Kier alpha value is -2.10. The zero-order chi connectivity index (χ0) is 13.1. The third-order valence-electron chi connectivity index (χ3n) is 3.02. The summed E-state index contributed by atoms with van der Waals surface area (Å²) < 4.78 is 5.14. The van der Waals surface area contributed by atoms with Crippen molar-refractivity contribution in [1.29, 1.82) is 0 Å². The van der Waals surface area contributed by atoms with Crippen molar-refractivity contribution in [3.63, 3.8) is 0 Å². The van der Waals surface area contributed by atoms with Gasteiger partial charge in [0.15, 0.2) is 6.29 Å². The molecule has 0 saturated carbocycles. The highest BCUT2D eigenvalue weighted by molar-refractivity contribution is 5.96. The molecule has 0 fully saturated rings. The maximum Gasteiger partial charge on any atom is 0.336 e. The van der Waals surface area contributed by atoms with Gasteiger partial charge < -0.3 is 9.32 Å². The summed E-state index contributed by atoms with van der Waals surface area (Å²) in [5, 5.41) is 0.667. The first-order valence-corrected chi connectivity index (χ1v) is 5.97. The molecule has 0 aliphatic carbocycles. The second kappa shape index (κ2) is 5.04. The summed E-state index contributed by atoms with van der Waals surface area (Å²) in [7, 11) is 0. The van der Waals surface area contributed by atoms with E-state index in [0.29, 0.717) is 22.8 Å². The van der Waals surface area contributed by atoms with Crippen molar-refractivity contribution in [2.75, 3.05) is 18.0 Å². The molecule has 1 aromatic carbocycles. The molecule has 0 aliphatic rings. The molecule has 0 aliphatic heterocycles. The number of carbonyl (C=O) groups excluding carboxylic acids is 1. The molecule has 0 N–H and O–H groups in total. The van der Waals surface area contributed by atoms with Crippen LogP contribution in [0.25, 0.3) is 11.0 Å². The lowest BCUT2D eigenvalue weighted by atomic mass is 10.1. The molecule has 0 unspecified atom stereocenters. The van der Waals surface area contributed by atoms with Gasteiger partial charge in [0, 0.05) is 41.9 Å². The lowest BCUT2D eigenvalue weighted by molar-refractivity contribution is 0.112. The Bertz CT molecular complexity index is 626. The van der Waals surface area contributed by atoms with Crippen LogP contribution in [0, 0.1) is 0 Å². The van der Waals surface area contributed by atoms with E-state index in [1.54, 1.807) is 6.07 Å². The minimum Gasteiger partial charge on any atom is -0.423 e. The highest BCUT2D eigenvalue weighted by atomic mass is 16.4. The van der Waals surface area contributed by atoms with E-state index in [9.17, 15) is 9.59 Å². The molecule has 0 radical (unpaired) electrons. The van der Waals surface area contributed by atoms with Gasteiger partial charge in [-0.1, -0.05) is 0 Å². The summed E-state index contributed by atoms with van der Waals surface area (Å²) >= 11 is 0. The number of benzene rings is 1. The van der Waals surface area contributed by atoms with Crippen molar-refractivity contribution < 1.29 is 9.21 Å². The van der Waals surface area contributed by atoms with Gasteiger partial charge >= 0.3 is 5.63 Å². The Balaban J connectivity index is 2.65. The second-order valence-electron chi connectivity index (χ2n) is 3.99. The lowest BCUT2D eigenvalue weighted by Crippen LogP contribution is -2.21. The number of nitrogens with zero attached hydrogens (tertiary/aromatic N) is 1. The van der Waals surface area contributed by atoms with Crippen LogP contribution >= 0.6 is 0 Å². The summed E-state index contributed by atoms with van der Waals surface area (Å²) in [6.45, 7) is 5.87. The largest absolute Gasteiger partial charge is 0.423 e. The number of hydrogen-bond acceptors (Lipinski definition) is 4. The molecule has 2 aromatic rings. The van der Waals surface area contributed by atoms with E-state index in [1.165, 1.54) is 6.07 Å². The fraction of sp³-hybridized carbons (Fsp3) is 0.286. The van der Waals surface area contributed by atoms with Gasteiger partial charge in [-0.3, -0.25) is 4.79 Å². The van der Waals surface area contributed by atoms with Crippen LogP contribution in [0.2, 0.25) is 0 Å². The van der Waals surface area contributed by atoms with Crippen LogP contribution in [0.15, 0.2) is 33.5 Å². The van der Waals surface area contributed by atoms with Crippen molar-refractivity contribution in [2.24, 2.45) is 0 Å². The van der Waals surface area contributed by atoms with Gasteiger partial charge in [0.05, 0.1) is 0 Å². The number of fused-ring (bicyclic) bond motifs is 1. The molecule has 4 nitrogen and oxygen atoms in total. The number of carbonyl (C=O) groups is 1. The molecule has 1 aromatic heterocycles. The van der Waals surface area contributed by atoms with Gasteiger partial charge in [0.25, 0.3) is 0 Å². The molecule has 2 rings (SSSR count). The first kappa shape index (κ1) is 12.4. The van der Waals surface area contributed by atoms with E-state index in [2.05, 4.69) is 18.7 Å². The Kier molecular flexibility index (Phi) is 3.46. The molecule has 0 amide bonds. The minimum absolute atomic E-state index is 0.368. The summed E-state index contributed by atoms with van der Waals surface area (Å²) in [4.78, 5) is 24.4. The predicted molar refractivity (Wildman–Crippen MR) is 71.4 cm³/mol. The normalized spacial score (nSPS) is 10.6. The van der Waals surface area contributed by atoms with Crippen molar-refractivity contribution in [2.45, 2.75) is 13.8 Å². The van der Waals surface area contributed by atoms with Gasteiger partial charge in [0.2, 0.25) is 0 Å². The molecule has 0 bridgehead atoms. The SMILES string of the molecule is CCN(CC)c1ccc2c(C=O)cc(=O)oc2c1. The fourth-order valence-electron chi connectivity index (χ4n) is 2.06. The second-order valence-corrected chi connectivity index (χ2v) is 3.99. The van der Waals surface area contributed by atoms with E-state index < -0.39 is 5.63 Å². The van der Waals surface area contributed by atoms with Gasteiger partial charge in [-0.2, -0.15) is 0 Å². The Labute approximate surface area is 105 Å². The van der Waals surface area contributed by atoms with E-state index in [4.69, 9.17) is 4.42 Å². The molecule has 0 spiro atoms. The molecular weight excluding hydrogens is 230 g/mol. The van der Waals surface area contributed by atoms with E-state index in [0.717, 1.165) is 18.8 Å². The maximum absolute atomic E-state index is 11.3. The molecule has 0 saturated heterocycles. The summed E-state index contributed by atoms with van der Waals surface area (Å²) in [5.41, 5.74) is 1.31. The van der Waals surface area contributed by atoms with Crippen LogP contribution < -0.4 is 10.5 Å². The molecule has 4 heteroatoms. The molecule has 94 valence electrons. The van der Waals surface area contributed by atoms with Crippen LogP contribution in [0.5, 0.6) is 0 Å². The van der Waals surface area contributed by atoms with Crippen LogP contribution in [-0.2, 0) is 0 Å². The zero-order valence-electron chi connectivity index (χ0n) is 10.5. The average Bonchev–Trinajstić information content (AvgIpc) is 2.38. The van der Waals surface area contributed by atoms with E-state index in [1.807, 2.05) is 12.1 Å². The summed E-state index contributed by atoms with van der Waals surface area (Å²) in [6, 6.07) is 6.77. The highest BCUT2D eigenvalue weighted by Gasteiger charge is 2.08. The van der Waals surface area contributed by atoms with Crippen molar-refractivity contribution in [3.05, 3.63) is 40.2 Å². The van der Waals surface area contributed by atoms with Crippen molar-refractivity contribution >= 4 is 22.9 Å². The van der Waals surface area contributed by atoms with Crippen LogP contribution in [0.3, 0.4) is 0 Å². The van der Waals surface area contributed by atoms with Crippen molar-refractivity contribution in [1.82, 2.24) is 0 Å². The topological polar surface area (TPSA) is 50.5 Å². The average molecular weight is 245 g/mol. The number of rotatable bonds is 4. The monoisotopic (exact) mass is 245 g/mol. The Morgan fingerprint density at radius 1 is 1.22 bits per heavy atom. The zero-order valence-corrected chi connectivity index (χ0v) is 10.5. The van der Waals surface area contributed by atoms with Gasteiger partial charge in [-0.05, 0) is 26.0 Å². The van der Waals surface area contributed by atoms with Crippen LogP contribution in [0.4, 0.5) is 5.69 Å². The third-order valence-corrected chi connectivity index (χ3v) is 3.02. The fourth-order valence-corrected chi connectivity index (χ4v) is 2.06. The molecular formula is C14H15NO3. The van der Waals surface area contributed by atoms with E-state index in [-0.39, 0.29) is 0 Å². The summed E-state index contributed by atoms with van der Waals surface area (Å²) in [5.74, 6) is 0.